The van der Waals surface area contributed by atoms with Crippen molar-refractivity contribution in [3.8, 4) is 0 Å². The van der Waals surface area contributed by atoms with Gasteiger partial charge in [0.2, 0.25) is 5.95 Å². The Hall–Kier alpha value is -0.830. The van der Waals surface area contributed by atoms with Crippen LogP contribution in [0.15, 0.2) is 6.20 Å². The van der Waals surface area contributed by atoms with E-state index in [9.17, 15) is 0 Å². The maximum Gasteiger partial charge on any atom is 0.225 e. The van der Waals surface area contributed by atoms with Crippen molar-refractivity contribution in [1.82, 2.24) is 9.97 Å². The molecule has 4 heteroatoms. The van der Waals surface area contributed by atoms with Gasteiger partial charge in [-0.1, -0.05) is 6.92 Å². The van der Waals surface area contributed by atoms with Gasteiger partial charge in [0.1, 0.15) is 0 Å². The predicted octanol–water partition coefficient (Wildman–Crippen LogP) is 2.76. The Morgan fingerprint density at radius 2 is 2.20 bits per heavy atom. The molecule has 3 nitrogen and oxygen atoms in total. The lowest BCUT2D eigenvalue weighted by Crippen LogP contribution is -2.29. The van der Waals surface area contributed by atoms with Gasteiger partial charge in [-0.25, -0.2) is 9.97 Å². The van der Waals surface area contributed by atoms with E-state index in [4.69, 9.17) is 11.6 Å². The minimum absolute atomic E-state index is 0.450. The first-order valence-electron chi connectivity index (χ1n) is 5.21. The van der Waals surface area contributed by atoms with Crippen molar-refractivity contribution in [3.05, 3.63) is 17.5 Å². The Morgan fingerprint density at radius 1 is 1.53 bits per heavy atom. The molecule has 0 aliphatic carbocycles. The molecule has 1 aromatic rings. The van der Waals surface area contributed by atoms with E-state index >= 15 is 0 Å². The van der Waals surface area contributed by atoms with Gasteiger partial charge in [-0.05, 0) is 20.3 Å². The van der Waals surface area contributed by atoms with Crippen LogP contribution in [0.5, 0.6) is 0 Å². The van der Waals surface area contributed by atoms with E-state index < -0.39 is 0 Å². The number of nitrogens with zero attached hydrogens (tertiary/aromatic N) is 3. The quantitative estimate of drug-likeness (QED) is 0.741. The predicted molar refractivity (Wildman–Crippen MR) is 64.5 cm³/mol. The Labute approximate surface area is 96.5 Å². The summed E-state index contributed by atoms with van der Waals surface area (Å²) in [6.45, 7) is 6.28. The summed E-state index contributed by atoms with van der Waals surface area (Å²) in [4.78, 5) is 10.8. The van der Waals surface area contributed by atoms with Gasteiger partial charge in [0.25, 0.3) is 0 Å². The molecule has 0 aromatic carbocycles. The van der Waals surface area contributed by atoms with Gasteiger partial charge in [0, 0.05) is 30.5 Å². The standard InChI is InChI=1S/C11H18ClN3/c1-5-8(2)15(4)11-13-7-10(6-12)9(3)14-11/h7-8H,5-6H2,1-4H3. The third-order valence-corrected chi connectivity index (χ3v) is 3.07. The van der Waals surface area contributed by atoms with Crippen LogP contribution in [-0.2, 0) is 5.88 Å². The van der Waals surface area contributed by atoms with Crippen LogP contribution in [0.1, 0.15) is 31.5 Å². The van der Waals surface area contributed by atoms with Gasteiger partial charge in [-0.15, -0.1) is 11.6 Å². The summed E-state index contributed by atoms with van der Waals surface area (Å²) in [5.74, 6) is 1.25. The van der Waals surface area contributed by atoms with Crippen molar-refractivity contribution >= 4 is 17.5 Å². The van der Waals surface area contributed by atoms with Gasteiger partial charge in [0.15, 0.2) is 0 Å². The third-order valence-electron chi connectivity index (χ3n) is 2.78. The normalized spacial score (nSPS) is 12.6. The number of rotatable bonds is 4. The first kappa shape index (κ1) is 12.2. The number of anilines is 1. The van der Waals surface area contributed by atoms with Crippen LogP contribution in [0.25, 0.3) is 0 Å². The largest absolute Gasteiger partial charge is 0.341 e. The molecule has 1 unspecified atom stereocenters. The summed E-state index contributed by atoms with van der Waals surface area (Å²) in [7, 11) is 2.02. The second-order valence-electron chi connectivity index (χ2n) is 3.78. The molecule has 0 radical (unpaired) electrons. The Balaban J connectivity index is 2.92. The van der Waals surface area contributed by atoms with Gasteiger partial charge < -0.3 is 4.90 Å². The van der Waals surface area contributed by atoms with Crippen molar-refractivity contribution in [3.63, 3.8) is 0 Å². The fourth-order valence-electron chi connectivity index (χ4n) is 1.25. The second-order valence-corrected chi connectivity index (χ2v) is 4.05. The zero-order valence-electron chi connectivity index (χ0n) is 9.79. The first-order valence-corrected chi connectivity index (χ1v) is 5.74. The number of alkyl halides is 1. The molecule has 0 bridgehead atoms. The van der Waals surface area contributed by atoms with Crippen molar-refractivity contribution in [2.75, 3.05) is 11.9 Å². The average molecular weight is 228 g/mol. The van der Waals surface area contributed by atoms with Crippen molar-refractivity contribution in [1.29, 1.82) is 0 Å². The van der Waals surface area contributed by atoms with Crippen LogP contribution >= 0.6 is 11.6 Å². The van der Waals surface area contributed by atoms with E-state index in [1.54, 1.807) is 0 Å². The number of aryl methyl sites for hydroxylation is 1. The van der Waals surface area contributed by atoms with Crippen LogP contribution in [0.2, 0.25) is 0 Å². The zero-order chi connectivity index (χ0) is 11.4. The summed E-state index contributed by atoms with van der Waals surface area (Å²) < 4.78 is 0. The van der Waals surface area contributed by atoms with E-state index in [2.05, 4.69) is 28.7 Å². The molecule has 0 amide bonds. The van der Waals surface area contributed by atoms with Crippen LogP contribution < -0.4 is 4.90 Å². The van der Waals surface area contributed by atoms with Crippen LogP contribution in [0.3, 0.4) is 0 Å². The SMILES string of the molecule is CCC(C)N(C)c1ncc(CCl)c(C)n1. The molecule has 1 aromatic heterocycles. The summed E-state index contributed by atoms with van der Waals surface area (Å²) in [5, 5.41) is 0. The molecule has 0 aliphatic heterocycles. The Bertz CT molecular complexity index is 328. The molecule has 84 valence electrons. The summed E-state index contributed by atoms with van der Waals surface area (Å²) in [6.07, 6.45) is 2.89. The third kappa shape index (κ3) is 2.81. The Morgan fingerprint density at radius 3 is 2.67 bits per heavy atom. The summed E-state index contributed by atoms with van der Waals surface area (Å²) in [6, 6.07) is 0.450. The molecule has 1 rings (SSSR count). The van der Waals surface area contributed by atoms with Gasteiger partial charge in [0.05, 0.1) is 5.88 Å². The first-order chi connectivity index (χ1) is 7.10. The van der Waals surface area contributed by atoms with E-state index in [-0.39, 0.29) is 0 Å². The van der Waals surface area contributed by atoms with E-state index in [1.165, 1.54) is 0 Å². The molecule has 1 atom stereocenters. The average Bonchev–Trinajstić information content (AvgIpc) is 2.26. The number of aromatic nitrogens is 2. The van der Waals surface area contributed by atoms with E-state index in [0.717, 1.165) is 23.6 Å². The zero-order valence-corrected chi connectivity index (χ0v) is 10.5. The smallest absolute Gasteiger partial charge is 0.225 e. The number of hydrogen-bond donors (Lipinski definition) is 0. The maximum atomic E-state index is 5.76. The highest BCUT2D eigenvalue weighted by molar-refractivity contribution is 6.17. The highest BCUT2D eigenvalue weighted by atomic mass is 35.5. The van der Waals surface area contributed by atoms with Crippen molar-refractivity contribution < 1.29 is 0 Å². The molecule has 0 saturated carbocycles. The van der Waals surface area contributed by atoms with Crippen molar-refractivity contribution in [2.24, 2.45) is 0 Å². The molecule has 0 fully saturated rings. The topological polar surface area (TPSA) is 29.0 Å². The monoisotopic (exact) mass is 227 g/mol. The molecule has 0 saturated heterocycles. The lowest BCUT2D eigenvalue weighted by molar-refractivity contribution is 0.647. The minimum atomic E-state index is 0.450. The number of halogens is 1. The maximum absolute atomic E-state index is 5.76. The van der Waals surface area contributed by atoms with Crippen LogP contribution in [0, 0.1) is 6.92 Å². The van der Waals surface area contributed by atoms with Gasteiger partial charge in [-0.2, -0.15) is 0 Å². The molecule has 1 heterocycles. The highest BCUT2D eigenvalue weighted by Crippen LogP contribution is 2.14. The van der Waals surface area contributed by atoms with Crippen molar-refractivity contribution in [2.45, 2.75) is 39.1 Å². The molecule has 0 spiro atoms. The molecule has 15 heavy (non-hydrogen) atoms. The minimum Gasteiger partial charge on any atom is -0.341 e. The fourth-order valence-corrected chi connectivity index (χ4v) is 1.51. The summed E-state index contributed by atoms with van der Waals surface area (Å²) >= 11 is 5.76. The van der Waals surface area contributed by atoms with Gasteiger partial charge >= 0.3 is 0 Å². The second kappa shape index (κ2) is 5.31. The van der Waals surface area contributed by atoms with Gasteiger partial charge in [-0.3, -0.25) is 0 Å². The van der Waals surface area contributed by atoms with Crippen LogP contribution in [-0.4, -0.2) is 23.1 Å². The molecule has 0 N–H and O–H groups in total. The lowest BCUT2D eigenvalue weighted by atomic mass is 10.2. The Kier molecular flexibility index (Phi) is 4.33. The number of hydrogen-bond acceptors (Lipinski definition) is 3. The molecular formula is C11H18ClN3. The van der Waals surface area contributed by atoms with Crippen LogP contribution in [0.4, 0.5) is 5.95 Å². The van der Waals surface area contributed by atoms with E-state index in [0.29, 0.717) is 11.9 Å². The fraction of sp³-hybridized carbons (Fsp3) is 0.636. The highest BCUT2D eigenvalue weighted by Gasteiger charge is 2.11. The molecular weight excluding hydrogens is 210 g/mol. The lowest BCUT2D eigenvalue weighted by Gasteiger charge is -2.24. The van der Waals surface area contributed by atoms with E-state index in [1.807, 2.05) is 20.2 Å². The summed E-state index contributed by atoms with van der Waals surface area (Å²) in [5.41, 5.74) is 1.96. The molecule has 0 aliphatic rings.